The molecule has 5 rings (SSSR count). The number of carbonyl (C=O) groups is 1. The maximum atomic E-state index is 13.5. The average molecular weight is 450 g/mol. The second kappa shape index (κ2) is 9.35. The zero-order chi connectivity index (χ0) is 22.9. The van der Waals surface area contributed by atoms with Crippen LogP contribution in [0.3, 0.4) is 0 Å². The normalized spacial score (nSPS) is 25.2. The van der Waals surface area contributed by atoms with Crippen LogP contribution in [0, 0.1) is 5.92 Å². The van der Waals surface area contributed by atoms with Crippen molar-refractivity contribution in [3.8, 4) is 11.5 Å². The maximum absolute atomic E-state index is 13.5. The lowest BCUT2D eigenvalue weighted by atomic mass is 9.76. The molecule has 176 valence electrons. The molecule has 2 aromatic rings. The Hall–Kier alpha value is -2.57. The minimum Gasteiger partial charge on any atom is -0.496 e. The lowest BCUT2D eigenvalue weighted by Crippen LogP contribution is -2.54. The van der Waals surface area contributed by atoms with Gasteiger partial charge in [0.05, 0.1) is 25.8 Å². The predicted molar refractivity (Wildman–Crippen MR) is 129 cm³/mol. The lowest BCUT2D eigenvalue weighted by Gasteiger charge is -2.49. The van der Waals surface area contributed by atoms with E-state index in [-0.39, 0.29) is 18.0 Å². The third-order valence-electron chi connectivity index (χ3n) is 7.80. The number of ether oxygens (including phenoxy) is 2. The summed E-state index contributed by atoms with van der Waals surface area (Å²) in [4.78, 5) is 16.1. The molecule has 2 fully saturated rings. The van der Waals surface area contributed by atoms with Gasteiger partial charge in [0.25, 0.3) is 5.91 Å². The molecule has 6 nitrogen and oxygen atoms in total. The molecule has 2 saturated heterocycles. The summed E-state index contributed by atoms with van der Waals surface area (Å²) in [6.07, 6.45) is 4.52. The van der Waals surface area contributed by atoms with Gasteiger partial charge in [-0.05, 0) is 56.7 Å². The van der Waals surface area contributed by atoms with E-state index in [0.29, 0.717) is 23.3 Å². The highest BCUT2D eigenvalue weighted by Gasteiger charge is 2.42. The van der Waals surface area contributed by atoms with E-state index < -0.39 is 0 Å². The van der Waals surface area contributed by atoms with E-state index in [1.165, 1.54) is 18.4 Å². The van der Waals surface area contributed by atoms with Crippen molar-refractivity contribution >= 4 is 5.91 Å². The van der Waals surface area contributed by atoms with Crippen LogP contribution >= 0.6 is 0 Å². The molecule has 2 aromatic carbocycles. The summed E-state index contributed by atoms with van der Waals surface area (Å²) in [6.45, 7) is 5.24. The van der Waals surface area contributed by atoms with Crippen molar-refractivity contribution in [1.82, 2.24) is 15.5 Å². The molecule has 0 saturated carbocycles. The van der Waals surface area contributed by atoms with Crippen LogP contribution in [0.4, 0.5) is 0 Å². The lowest BCUT2D eigenvalue weighted by molar-refractivity contribution is 0.0532. The SMILES string of the molecule is COc1cc(C(=O)N[C@H](C)c2ccccc2)c(OC)c2c1CCN1CC3CCCNC3CC21. The second-order valence-electron chi connectivity index (χ2n) is 9.62. The van der Waals surface area contributed by atoms with Gasteiger partial charge in [0.1, 0.15) is 11.5 Å². The highest BCUT2D eigenvalue weighted by molar-refractivity contribution is 5.98. The molecule has 3 heterocycles. The van der Waals surface area contributed by atoms with Gasteiger partial charge in [-0.2, -0.15) is 0 Å². The molecule has 3 aliphatic heterocycles. The van der Waals surface area contributed by atoms with E-state index in [1.54, 1.807) is 14.2 Å². The van der Waals surface area contributed by atoms with Gasteiger partial charge in [0.2, 0.25) is 0 Å². The van der Waals surface area contributed by atoms with Crippen LogP contribution in [0.15, 0.2) is 36.4 Å². The van der Waals surface area contributed by atoms with Crippen molar-refractivity contribution in [2.75, 3.05) is 33.9 Å². The number of nitrogens with zero attached hydrogens (tertiary/aromatic N) is 1. The molecule has 4 atom stereocenters. The zero-order valence-corrected chi connectivity index (χ0v) is 19.9. The Morgan fingerprint density at radius 2 is 2.03 bits per heavy atom. The summed E-state index contributed by atoms with van der Waals surface area (Å²) < 4.78 is 11.8. The Labute approximate surface area is 196 Å². The summed E-state index contributed by atoms with van der Waals surface area (Å²) in [5.41, 5.74) is 3.96. The Morgan fingerprint density at radius 3 is 2.79 bits per heavy atom. The first-order valence-electron chi connectivity index (χ1n) is 12.2. The van der Waals surface area contributed by atoms with Crippen molar-refractivity contribution < 1.29 is 14.3 Å². The van der Waals surface area contributed by atoms with Gasteiger partial charge < -0.3 is 20.1 Å². The number of carbonyl (C=O) groups excluding carboxylic acids is 1. The predicted octanol–water partition coefficient (Wildman–Crippen LogP) is 3.87. The topological polar surface area (TPSA) is 62.8 Å². The summed E-state index contributed by atoms with van der Waals surface area (Å²) in [5, 5.41) is 6.92. The van der Waals surface area contributed by atoms with E-state index in [4.69, 9.17) is 9.47 Å². The number of hydrogen-bond acceptors (Lipinski definition) is 5. The van der Waals surface area contributed by atoms with Gasteiger partial charge >= 0.3 is 0 Å². The third kappa shape index (κ3) is 4.11. The molecule has 2 N–H and O–H groups in total. The van der Waals surface area contributed by atoms with Gasteiger partial charge in [-0.3, -0.25) is 9.69 Å². The van der Waals surface area contributed by atoms with E-state index in [2.05, 4.69) is 15.5 Å². The molecule has 33 heavy (non-hydrogen) atoms. The van der Waals surface area contributed by atoms with Crippen molar-refractivity contribution in [1.29, 1.82) is 0 Å². The Kier molecular flexibility index (Phi) is 6.30. The molecule has 6 heteroatoms. The highest BCUT2D eigenvalue weighted by Crippen LogP contribution is 2.48. The first-order chi connectivity index (χ1) is 16.1. The largest absolute Gasteiger partial charge is 0.496 e. The van der Waals surface area contributed by atoms with Gasteiger partial charge in [-0.15, -0.1) is 0 Å². The number of nitrogens with one attached hydrogen (secondary N) is 2. The van der Waals surface area contributed by atoms with Crippen LogP contribution in [0.5, 0.6) is 11.5 Å². The molecule has 0 bridgehead atoms. The van der Waals surface area contributed by atoms with Crippen molar-refractivity contribution in [3.05, 3.63) is 58.7 Å². The summed E-state index contributed by atoms with van der Waals surface area (Å²) in [5.74, 6) is 2.07. The molecule has 0 radical (unpaired) electrons. The first kappa shape index (κ1) is 22.2. The van der Waals surface area contributed by atoms with E-state index in [0.717, 1.165) is 49.4 Å². The van der Waals surface area contributed by atoms with Crippen LogP contribution in [-0.4, -0.2) is 50.7 Å². The molecular formula is C27H35N3O3. The van der Waals surface area contributed by atoms with Gasteiger partial charge in [-0.25, -0.2) is 0 Å². The summed E-state index contributed by atoms with van der Waals surface area (Å²) in [7, 11) is 3.38. The third-order valence-corrected chi connectivity index (χ3v) is 7.80. The number of hydrogen-bond donors (Lipinski definition) is 2. The monoisotopic (exact) mass is 449 g/mol. The second-order valence-corrected chi connectivity index (χ2v) is 9.62. The van der Waals surface area contributed by atoms with Gasteiger partial charge in [0.15, 0.2) is 0 Å². The van der Waals surface area contributed by atoms with E-state index in [1.807, 2.05) is 43.3 Å². The fourth-order valence-corrected chi connectivity index (χ4v) is 6.11. The minimum atomic E-state index is -0.133. The number of methoxy groups -OCH3 is 2. The average Bonchev–Trinajstić information content (AvgIpc) is 2.86. The highest BCUT2D eigenvalue weighted by atomic mass is 16.5. The van der Waals surface area contributed by atoms with E-state index in [9.17, 15) is 4.79 Å². The summed E-state index contributed by atoms with van der Waals surface area (Å²) >= 11 is 0. The zero-order valence-electron chi connectivity index (χ0n) is 19.9. The molecule has 0 aliphatic carbocycles. The van der Waals surface area contributed by atoms with Gasteiger partial charge in [0, 0.05) is 36.3 Å². The maximum Gasteiger partial charge on any atom is 0.255 e. The molecule has 3 unspecified atom stereocenters. The van der Waals surface area contributed by atoms with Crippen LogP contribution in [0.1, 0.15) is 65.3 Å². The van der Waals surface area contributed by atoms with Crippen LogP contribution < -0.4 is 20.1 Å². The quantitative estimate of drug-likeness (QED) is 0.726. The molecular weight excluding hydrogens is 414 g/mol. The fourth-order valence-electron chi connectivity index (χ4n) is 6.11. The molecule has 3 aliphatic rings. The molecule has 0 spiro atoms. The Bertz CT molecular complexity index is 1010. The smallest absolute Gasteiger partial charge is 0.255 e. The van der Waals surface area contributed by atoms with Crippen molar-refractivity contribution in [2.24, 2.45) is 5.92 Å². The minimum absolute atomic E-state index is 0.108. The van der Waals surface area contributed by atoms with Crippen molar-refractivity contribution in [3.63, 3.8) is 0 Å². The van der Waals surface area contributed by atoms with Crippen LogP contribution in [-0.2, 0) is 6.42 Å². The molecule has 0 aromatic heterocycles. The molecule has 1 amide bonds. The number of benzene rings is 2. The van der Waals surface area contributed by atoms with Crippen LogP contribution in [0.25, 0.3) is 0 Å². The van der Waals surface area contributed by atoms with Crippen molar-refractivity contribution in [2.45, 2.75) is 50.7 Å². The number of fused-ring (bicyclic) bond motifs is 4. The fraction of sp³-hybridized carbons (Fsp3) is 0.519. The Balaban J connectivity index is 1.51. The number of rotatable bonds is 5. The standard InChI is InChI=1S/C27H35N3O3/c1-17(18-8-5-4-6-9-18)29-27(31)21-14-24(32-2)20-11-13-30-16-19-10-7-12-28-22(19)15-23(30)25(20)26(21)33-3/h4-6,8-9,14,17,19,22-23,28H,7,10-13,15-16H2,1-3H3,(H,29,31)/t17-,19?,22?,23?/m1/s1. The number of piperidine rings is 2. The van der Waals surface area contributed by atoms with Crippen LogP contribution in [0.2, 0.25) is 0 Å². The van der Waals surface area contributed by atoms with Gasteiger partial charge in [-0.1, -0.05) is 30.3 Å². The summed E-state index contributed by atoms with van der Waals surface area (Å²) in [6, 6.07) is 12.5. The number of amides is 1. The van der Waals surface area contributed by atoms with E-state index >= 15 is 0 Å². The first-order valence-corrected chi connectivity index (χ1v) is 12.2. The Morgan fingerprint density at radius 1 is 1.21 bits per heavy atom.